The van der Waals surface area contributed by atoms with Gasteiger partial charge in [-0.25, -0.2) is 9.59 Å². The minimum absolute atomic E-state index is 0.459. The minimum atomic E-state index is -0.580. The summed E-state index contributed by atoms with van der Waals surface area (Å²) in [6.07, 6.45) is -1.16. The van der Waals surface area contributed by atoms with Gasteiger partial charge in [-0.05, 0) is 72.8 Å². The van der Waals surface area contributed by atoms with E-state index in [9.17, 15) is 9.59 Å². The Bertz CT molecular complexity index is 1100. The monoisotopic (exact) mass is 440 g/mol. The van der Waals surface area contributed by atoms with Gasteiger partial charge in [0.1, 0.15) is 23.0 Å². The van der Waals surface area contributed by atoms with Gasteiger partial charge in [0.25, 0.3) is 0 Å². The van der Waals surface area contributed by atoms with Crippen LogP contribution < -0.4 is 24.8 Å². The van der Waals surface area contributed by atoms with E-state index >= 15 is 0 Å². The van der Waals surface area contributed by atoms with Gasteiger partial charge in [0.15, 0.2) is 0 Å². The number of hydrogen-bond donors (Lipinski definition) is 2. The Kier molecular flexibility index (Phi) is 6.82. The third-order valence-electron chi connectivity index (χ3n) is 4.34. The number of nitrogens with one attached hydrogen (secondary N) is 2. The summed E-state index contributed by atoms with van der Waals surface area (Å²) in [6, 6.07) is 31.3. The second-order valence-corrected chi connectivity index (χ2v) is 6.81. The van der Waals surface area contributed by atoms with Crippen LogP contribution in [-0.2, 0) is 0 Å². The number of carbonyl (C=O) groups is 2. The van der Waals surface area contributed by atoms with Gasteiger partial charge in [0.05, 0.1) is 0 Å². The maximum absolute atomic E-state index is 12.0. The lowest BCUT2D eigenvalue weighted by Crippen LogP contribution is -2.16. The quantitative estimate of drug-likeness (QED) is 0.348. The summed E-state index contributed by atoms with van der Waals surface area (Å²) < 4.78 is 16.2. The molecule has 7 nitrogen and oxygen atoms in total. The third-order valence-corrected chi connectivity index (χ3v) is 4.34. The van der Waals surface area contributed by atoms with E-state index in [1.807, 2.05) is 12.1 Å². The normalized spacial score (nSPS) is 10.1. The fraction of sp³-hybridized carbons (Fsp3) is 0. The maximum Gasteiger partial charge on any atom is 0.417 e. The third kappa shape index (κ3) is 6.60. The smallest absolute Gasteiger partial charge is 0.417 e. The summed E-state index contributed by atoms with van der Waals surface area (Å²) in [7, 11) is 0. The van der Waals surface area contributed by atoms with E-state index in [-0.39, 0.29) is 0 Å². The molecule has 0 aliphatic carbocycles. The Morgan fingerprint density at radius 1 is 0.455 bits per heavy atom. The summed E-state index contributed by atoms with van der Waals surface area (Å²) in [5.41, 5.74) is 1.14. The highest BCUT2D eigenvalue weighted by molar-refractivity contribution is 5.87. The summed E-state index contributed by atoms with van der Waals surface area (Å²) in [5.74, 6) is 2.09. The highest BCUT2D eigenvalue weighted by Crippen LogP contribution is 2.25. The molecular weight excluding hydrogens is 420 g/mol. The molecule has 0 heterocycles. The predicted molar refractivity (Wildman–Crippen MR) is 125 cm³/mol. The molecule has 0 unspecified atom stereocenters. The van der Waals surface area contributed by atoms with Crippen LogP contribution in [0.15, 0.2) is 109 Å². The van der Waals surface area contributed by atoms with Gasteiger partial charge < -0.3 is 14.2 Å². The molecule has 7 heteroatoms. The Morgan fingerprint density at radius 2 is 0.818 bits per heavy atom. The lowest BCUT2D eigenvalue weighted by atomic mass is 10.3. The molecule has 33 heavy (non-hydrogen) atoms. The Morgan fingerprint density at radius 3 is 1.18 bits per heavy atom. The molecule has 4 aromatic carbocycles. The molecule has 0 radical (unpaired) electrons. The van der Waals surface area contributed by atoms with Crippen molar-refractivity contribution in [1.29, 1.82) is 0 Å². The number of para-hydroxylation sites is 2. The maximum atomic E-state index is 12.0. The number of rotatable bonds is 6. The zero-order valence-electron chi connectivity index (χ0n) is 17.4. The molecule has 0 atom stereocenters. The summed E-state index contributed by atoms with van der Waals surface area (Å²) in [4.78, 5) is 23.9. The molecule has 0 bridgehead atoms. The zero-order chi connectivity index (χ0) is 22.9. The lowest BCUT2D eigenvalue weighted by Gasteiger charge is -2.10. The molecular formula is C26H20N2O5. The van der Waals surface area contributed by atoms with E-state index < -0.39 is 12.2 Å². The van der Waals surface area contributed by atoms with E-state index in [0.717, 1.165) is 0 Å². The van der Waals surface area contributed by atoms with Crippen LogP contribution in [0.25, 0.3) is 0 Å². The van der Waals surface area contributed by atoms with Gasteiger partial charge in [-0.15, -0.1) is 0 Å². The van der Waals surface area contributed by atoms with Crippen molar-refractivity contribution >= 4 is 23.6 Å². The van der Waals surface area contributed by atoms with Crippen LogP contribution in [0.4, 0.5) is 21.0 Å². The Balaban J connectivity index is 1.27. The molecule has 0 aromatic heterocycles. The molecule has 4 rings (SSSR count). The van der Waals surface area contributed by atoms with E-state index in [0.29, 0.717) is 34.4 Å². The molecule has 4 aromatic rings. The first-order valence-electron chi connectivity index (χ1n) is 10.1. The van der Waals surface area contributed by atoms with Crippen molar-refractivity contribution in [2.75, 3.05) is 10.6 Å². The van der Waals surface area contributed by atoms with Gasteiger partial charge >= 0.3 is 12.2 Å². The summed E-state index contributed by atoms with van der Waals surface area (Å²) in [5, 5.41) is 5.31. The first-order valence-corrected chi connectivity index (χ1v) is 10.1. The number of amides is 2. The van der Waals surface area contributed by atoms with Crippen molar-refractivity contribution in [2.45, 2.75) is 0 Å². The zero-order valence-corrected chi connectivity index (χ0v) is 17.4. The van der Waals surface area contributed by atoms with Gasteiger partial charge in [-0.2, -0.15) is 0 Å². The molecule has 0 saturated heterocycles. The Hall–Kier alpha value is -4.78. The van der Waals surface area contributed by atoms with Crippen LogP contribution in [0.5, 0.6) is 23.0 Å². The molecule has 164 valence electrons. The topological polar surface area (TPSA) is 85.9 Å². The van der Waals surface area contributed by atoms with Gasteiger partial charge in [0.2, 0.25) is 0 Å². The number of hydrogen-bond acceptors (Lipinski definition) is 5. The van der Waals surface area contributed by atoms with Crippen LogP contribution in [0, 0.1) is 0 Å². The fourth-order valence-electron chi connectivity index (χ4n) is 2.83. The number of ether oxygens (including phenoxy) is 3. The van der Waals surface area contributed by atoms with Crippen molar-refractivity contribution in [3.05, 3.63) is 109 Å². The van der Waals surface area contributed by atoms with Crippen molar-refractivity contribution < 1.29 is 23.8 Å². The number of carbonyl (C=O) groups excluding carboxylic acids is 2. The second-order valence-electron chi connectivity index (χ2n) is 6.81. The van der Waals surface area contributed by atoms with Crippen LogP contribution in [0.1, 0.15) is 0 Å². The molecule has 0 saturated carbocycles. The lowest BCUT2D eigenvalue weighted by molar-refractivity contribution is 0.214. The Labute approximate surface area is 190 Å². The van der Waals surface area contributed by atoms with Crippen LogP contribution in [0.2, 0.25) is 0 Å². The average Bonchev–Trinajstić information content (AvgIpc) is 2.83. The van der Waals surface area contributed by atoms with Crippen molar-refractivity contribution in [1.82, 2.24) is 0 Å². The SMILES string of the molecule is O=C(Nc1ccc(Oc2ccc(NC(=O)Oc3ccccc3)cc2)cc1)Oc1ccccc1. The number of benzene rings is 4. The van der Waals surface area contributed by atoms with Gasteiger partial charge in [-0.3, -0.25) is 10.6 Å². The molecule has 0 aliphatic heterocycles. The van der Waals surface area contributed by atoms with E-state index in [2.05, 4.69) is 10.6 Å². The largest absolute Gasteiger partial charge is 0.457 e. The van der Waals surface area contributed by atoms with Crippen LogP contribution >= 0.6 is 0 Å². The van der Waals surface area contributed by atoms with Crippen molar-refractivity contribution in [3.63, 3.8) is 0 Å². The van der Waals surface area contributed by atoms with E-state index in [4.69, 9.17) is 14.2 Å². The van der Waals surface area contributed by atoms with Crippen LogP contribution in [0.3, 0.4) is 0 Å². The summed E-state index contributed by atoms with van der Waals surface area (Å²) in [6.45, 7) is 0. The van der Waals surface area contributed by atoms with Crippen molar-refractivity contribution in [2.24, 2.45) is 0 Å². The van der Waals surface area contributed by atoms with E-state index in [1.54, 1.807) is 97.1 Å². The van der Waals surface area contributed by atoms with Crippen LogP contribution in [-0.4, -0.2) is 12.2 Å². The first-order chi connectivity index (χ1) is 16.1. The molecule has 2 N–H and O–H groups in total. The molecule has 0 aliphatic rings. The molecule has 2 amide bonds. The predicted octanol–water partition coefficient (Wildman–Crippen LogP) is 6.70. The standard InChI is InChI=1S/C26H20N2O5/c29-25(32-21-7-3-1-4-8-21)27-19-11-15-23(16-12-19)31-24-17-13-20(14-18-24)28-26(30)33-22-9-5-2-6-10-22/h1-18H,(H,27,29)(H,28,30). The second kappa shape index (κ2) is 10.5. The minimum Gasteiger partial charge on any atom is -0.457 e. The molecule has 0 spiro atoms. The van der Waals surface area contributed by atoms with E-state index in [1.165, 1.54) is 0 Å². The highest BCUT2D eigenvalue weighted by Gasteiger charge is 2.07. The summed E-state index contributed by atoms with van der Waals surface area (Å²) >= 11 is 0. The first kappa shape index (κ1) is 21.5. The van der Waals surface area contributed by atoms with Gasteiger partial charge in [-0.1, -0.05) is 36.4 Å². The van der Waals surface area contributed by atoms with Gasteiger partial charge in [0, 0.05) is 11.4 Å². The average molecular weight is 440 g/mol. The number of anilines is 2. The molecule has 0 fully saturated rings. The van der Waals surface area contributed by atoms with Crippen molar-refractivity contribution in [3.8, 4) is 23.0 Å². The highest BCUT2D eigenvalue weighted by atomic mass is 16.6. The fourth-order valence-corrected chi connectivity index (χ4v) is 2.83.